The number of hydrogen-bond acceptors (Lipinski definition) is 2. The van der Waals surface area contributed by atoms with Gasteiger partial charge in [-0.25, -0.2) is 13.2 Å². The Kier molecular flexibility index (Phi) is 3.54. The van der Waals surface area contributed by atoms with E-state index in [0.717, 1.165) is 18.2 Å². The molecule has 0 aromatic heterocycles. The van der Waals surface area contributed by atoms with Gasteiger partial charge in [0.15, 0.2) is 0 Å². The fourth-order valence-electron chi connectivity index (χ4n) is 0.962. The number of nitrogens with one attached hydrogen (secondary N) is 1. The zero-order chi connectivity index (χ0) is 11.4. The van der Waals surface area contributed by atoms with E-state index in [0.29, 0.717) is 0 Å². The SMILES string of the molecule is O=C(NCC(F)F)c1ccc(F)cc1O. The van der Waals surface area contributed by atoms with Gasteiger partial charge in [-0.1, -0.05) is 0 Å². The van der Waals surface area contributed by atoms with Gasteiger partial charge in [0.05, 0.1) is 12.1 Å². The van der Waals surface area contributed by atoms with Gasteiger partial charge in [0, 0.05) is 6.07 Å². The van der Waals surface area contributed by atoms with Crippen LogP contribution in [0.25, 0.3) is 0 Å². The van der Waals surface area contributed by atoms with Crippen LogP contribution in [0.4, 0.5) is 13.2 Å². The van der Waals surface area contributed by atoms with E-state index < -0.39 is 30.4 Å². The van der Waals surface area contributed by atoms with Crippen LogP contribution in [0.3, 0.4) is 0 Å². The first-order valence-electron chi connectivity index (χ1n) is 4.05. The average molecular weight is 219 g/mol. The van der Waals surface area contributed by atoms with Crippen LogP contribution in [0.15, 0.2) is 18.2 Å². The molecule has 1 aromatic rings. The van der Waals surface area contributed by atoms with Crippen molar-refractivity contribution >= 4 is 5.91 Å². The third-order valence-electron chi connectivity index (χ3n) is 1.62. The van der Waals surface area contributed by atoms with Gasteiger partial charge in [0.25, 0.3) is 12.3 Å². The highest BCUT2D eigenvalue weighted by atomic mass is 19.3. The van der Waals surface area contributed by atoms with Crippen molar-refractivity contribution in [2.24, 2.45) is 0 Å². The molecule has 1 rings (SSSR count). The van der Waals surface area contributed by atoms with E-state index in [1.54, 1.807) is 0 Å². The highest BCUT2D eigenvalue weighted by Crippen LogP contribution is 2.17. The molecule has 15 heavy (non-hydrogen) atoms. The molecule has 0 unspecified atom stereocenters. The Hall–Kier alpha value is -1.72. The molecule has 0 atom stereocenters. The van der Waals surface area contributed by atoms with Crippen molar-refractivity contribution in [1.82, 2.24) is 5.32 Å². The summed E-state index contributed by atoms with van der Waals surface area (Å²) in [5, 5.41) is 11.0. The van der Waals surface area contributed by atoms with Gasteiger partial charge in [0.2, 0.25) is 0 Å². The van der Waals surface area contributed by atoms with E-state index in [9.17, 15) is 18.0 Å². The number of alkyl halides is 2. The number of carbonyl (C=O) groups is 1. The summed E-state index contributed by atoms with van der Waals surface area (Å²) in [6.07, 6.45) is -2.67. The number of hydrogen-bond donors (Lipinski definition) is 2. The molecule has 0 saturated carbocycles. The third-order valence-corrected chi connectivity index (χ3v) is 1.62. The zero-order valence-corrected chi connectivity index (χ0v) is 7.51. The molecule has 3 nitrogen and oxygen atoms in total. The fourth-order valence-corrected chi connectivity index (χ4v) is 0.962. The fraction of sp³-hybridized carbons (Fsp3) is 0.222. The maximum Gasteiger partial charge on any atom is 0.255 e. The van der Waals surface area contributed by atoms with Crippen LogP contribution in [0.1, 0.15) is 10.4 Å². The maximum absolute atomic E-state index is 12.5. The van der Waals surface area contributed by atoms with Crippen molar-refractivity contribution in [1.29, 1.82) is 0 Å². The number of amides is 1. The van der Waals surface area contributed by atoms with Crippen molar-refractivity contribution in [2.75, 3.05) is 6.54 Å². The number of aromatic hydroxyl groups is 1. The minimum atomic E-state index is -2.67. The lowest BCUT2D eigenvalue weighted by Crippen LogP contribution is -2.28. The monoisotopic (exact) mass is 219 g/mol. The summed E-state index contributed by atoms with van der Waals surface area (Å²) >= 11 is 0. The third kappa shape index (κ3) is 3.16. The molecule has 0 saturated heterocycles. The smallest absolute Gasteiger partial charge is 0.255 e. The minimum absolute atomic E-state index is 0.239. The number of rotatable bonds is 3. The molecule has 0 aliphatic rings. The molecular formula is C9H8F3NO2. The van der Waals surface area contributed by atoms with Crippen LogP contribution in [-0.4, -0.2) is 24.0 Å². The number of benzene rings is 1. The standard InChI is InChI=1S/C9H8F3NO2/c10-5-1-2-6(7(14)3-5)9(15)13-4-8(11)12/h1-3,8,14H,4H2,(H,13,15). The molecule has 6 heteroatoms. The first-order chi connectivity index (χ1) is 7.00. The average Bonchev–Trinajstić information content (AvgIpc) is 2.14. The first kappa shape index (κ1) is 11.4. The van der Waals surface area contributed by atoms with Crippen LogP contribution in [0.2, 0.25) is 0 Å². The Bertz CT molecular complexity index is 368. The lowest BCUT2D eigenvalue weighted by molar-refractivity contribution is 0.0889. The summed E-state index contributed by atoms with van der Waals surface area (Å²) in [6, 6.07) is 2.71. The highest BCUT2D eigenvalue weighted by molar-refractivity contribution is 5.96. The van der Waals surface area contributed by atoms with Gasteiger partial charge in [-0.3, -0.25) is 4.79 Å². The van der Waals surface area contributed by atoms with Crippen molar-refractivity contribution in [3.05, 3.63) is 29.6 Å². The maximum atomic E-state index is 12.5. The topological polar surface area (TPSA) is 49.3 Å². The predicted octanol–water partition coefficient (Wildman–Crippen LogP) is 1.53. The van der Waals surface area contributed by atoms with Crippen LogP contribution >= 0.6 is 0 Å². The number of halogens is 3. The summed E-state index contributed by atoms with van der Waals surface area (Å²) in [5.41, 5.74) is -0.239. The second-order valence-corrected chi connectivity index (χ2v) is 2.76. The van der Waals surface area contributed by atoms with Gasteiger partial charge in [-0.15, -0.1) is 0 Å². The molecular weight excluding hydrogens is 211 g/mol. The second kappa shape index (κ2) is 4.68. The van der Waals surface area contributed by atoms with Crippen molar-refractivity contribution in [3.63, 3.8) is 0 Å². The Balaban J connectivity index is 2.74. The summed E-state index contributed by atoms with van der Waals surface area (Å²) in [6.45, 7) is -0.810. The summed E-state index contributed by atoms with van der Waals surface area (Å²) in [4.78, 5) is 11.2. The molecule has 1 amide bonds. The van der Waals surface area contributed by atoms with Gasteiger partial charge in [-0.05, 0) is 12.1 Å². The molecule has 0 bridgehead atoms. The van der Waals surface area contributed by atoms with Crippen LogP contribution in [0, 0.1) is 5.82 Å². The summed E-state index contributed by atoms with van der Waals surface area (Å²) < 4.78 is 36.0. The van der Waals surface area contributed by atoms with E-state index >= 15 is 0 Å². The van der Waals surface area contributed by atoms with E-state index in [1.807, 2.05) is 5.32 Å². The minimum Gasteiger partial charge on any atom is -0.507 e. The molecule has 0 aliphatic carbocycles. The quantitative estimate of drug-likeness (QED) is 0.809. The van der Waals surface area contributed by atoms with Gasteiger partial charge in [-0.2, -0.15) is 0 Å². The van der Waals surface area contributed by atoms with Gasteiger partial charge in [0.1, 0.15) is 11.6 Å². The summed E-state index contributed by atoms with van der Waals surface area (Å²) in [7, 11) is 0. The Morgan fingerprint density at radius 1 is 1.47 bits per heavy atom. The number of carbonyl (C=O) groups excluding carboxylic acids is 1. The van der Waals surface area contributed by atoms with Gasteiger partial charge >= 0.3 is 0 Å². The Morgan fingerprint density at radius 3 is 2.67 bits per heavy atom. The molecule has 1 aromatic carbocycles. The molecule has 82 valence electrons. The predicted molar refractivity (Wildman–Crippen MR) is 46.4 cm³/mol. The van der Waals surface area contributed by atoms with Gasteiger partial charge < -0.3 is 10.4 Å². The van der Waals surface area contributed by atoms with Crippen LogP contribution in [0.5, 0.6) is 5.75 Å². The largest absolute Gasteiger partial charge is 0.507 e. The lowest BCUT2D eigenvalue weighted by Gasteiger charge is -2.05. The zero-order valence-electron chi connectivity index (χ0n) is 7.51. The molecule has 2 N–H and O–H groups in total. The lowest BCUT2D eigenvalue weighted by atomic mass is 10.2. The van der Waals surface area contributed by atoms with Crippen molar-refractivity contribution in [2.45, 2.75) is 6.43 Å². The van der Waals surface area contributed by atoms with Crippen molar-refractivity contribution in [3.8, 4) is 5.75 Å². The van der Waals surface area contributed by atoms with E-state index in [2.05, 4.69) is 0 Å². The van der Waals surface area contributed by atoms with Crippen molar-refractivity contribution < 1.29 is 23.1 Å². The molecule has 0 heterocycles. The second-order valence-electron chi connectivity index (χ2n) is 2.76. The van der Waals surface area contributed by atoms with E-state index in [1.165, 1.54) is 0 Å². The molecule has 0 fully saturated rings. The van der Waals surface area contributed by atoms with E-state index in [-0.39, 0.29) is 5.56 Å². The summed E-state index contributed by atoms with van der Waals surface area (Å²) in [5.74, 6) is -2.16. The molecule has 0 aliphatic heterocycles. The number of phenols is 1. The Morgan fingerprint density at radius 2 is 2.13 bits per heavy atom. The molecule has 0 spiro atoms. The first-order valence-corrected chi connectivity index (χ1v) is 4.05. The Labute approximate surface area is 83.5 Å². The number of phenolic OH excluding ortho intramolecular Hbond substituents is 1. The van der Waals surface area contributed by atoms with Crippen LogP contribution in [-0.2, 0) is 0 Å². The van der Waals surface area contributed by atoms with Crippen LogP contribution < -0.4 is 5.32 Å². The van der Waals surface area contributed by atoms with E-state index in [4.69, 9.17) is 5.11 Å². The normalized spacial score (nSPS) is 10.4. The molecule has 0 radical (unpaired) electrons. The highest BCUT2D eigenvalue weighted by Gasteiger charge is 2.13.